The summed E-state index contributed by atoms with van der Waals surface area (Å²) in [5, 5.41) is 3.17. The maximum atomic E-state index is 13.6. The summed E-state index contributed by atoms with van der Waals surface area (Å²) in [7, 11) is -3.95. The van der Waals surface area contributed by atoms with Crippen LogP contribution in [0.5, 0.6) is 0 Å². The monoisotopic (exact) mass is 545 g/mol. The minimum absolute atomic E-state index is 0.0202. The normalized spacial score (nSPS) is 12.3. The van der Waals surface area contributed by atoms with Crippen molar-refractivity contribution in [1.82, 2.24) is 10.2 Å². The molecule has 0 aromatic heterocycles. The number of nitrogens with one attached hydrogen (secondary N) is 1. The molecular weight excluding hydrogens is 516 g/mol. The number of halogens is 3. The maximum Gasteiger partial charge on any atom is 0.244 e. The van der Waals surface area contributed by atoms with Gasteiger partial charge in [0.2, 0.25) is 21.8 Å². The summed E-state index contributed by atoms with van der Waals surface area (Å²) in [6.07, 6.45) is 1.24. The number of rotatable bonds is 11. The zero-order valence-electron chi connectivity index (χ0n) is 20.1. The van der Waals surface area contributed by atoms with E-state index in [1.54, 1.807) is 6.92 Å². The van der Waals surface area contributed by atoms with Crippen molar-refractivity contribution in [2.75, 3.05) is 23.7 Å². The molecule has 2 aromatic carbocycles. The van der Waals surface area contributed by atoms with Crippen molar-refractivity contribution >= 4 is 50.7 Å². The highest BCUT2D eigenvalue weighted by molar-refractivity contribution is 7.92. The van der Waals surface area contributed by atoms with Crippen LogP contribution in [0.25, 0.3) is 0 Å². The Morgan fingerprint density at radius 1 is 1.09 bits per heavy atom. The average Bonchev–Trinajstić information content (AvgIpc) is 2.78. The molecule has 0 saturated heterocycles. The summed E-state index contributed by atoms with van der Waals surface area (Å²) in [6.45, 7) is 5.44. The predicted octanol–water partition coefficient (Wildman–Crippen LogP) is 4.48. The Morgan fingerprint density at radius 2 is 1.71 bits per heavy atom. The Balaban J connectivity index is 2.45. The van der Waals surface area contributed by atoms with Gasteiger partial charge in [-0.2, -0.15) is 0 Å². The standard InChI is InChI=1S/C24H30Cl2FN3O4S/c1-5-21(24(32)28-13-16(2)3)29(14-17-6-9-19(27)10-7-17)23(31)15-30(35(4,33)34)22-12-18(25)8-11-20(22)26/h6-12,16,21H,5,13-15H2,1-4H3,(H,28,32). The Labute approximate surface area is 216 Å². The Bertz CT molecular complexity index is 1140. The van der Waals surface area contributed by atoms with E-state index in [1.165, 1.54) is 47.4 Å². The van der Waals surface area contributed by atoms with Crippen LogP contribution in [0, 0.1) is 11.7 Å². The topological polar surface area (TPSA) is 86.8 Å². The molecule has 1 atom stereocenters. The van der Waals surface area contributed by atoms with Gasteiger partial charge in [0, 0.05) is 18.1 Å². The van der Waals surface area contributed by atoms with E-state index < -0.39 is 34.3 Å². The van der Waals surface area contributed by atoms with Crippen LogP contribution in [0.4, 0.5) is 10.1 Å². The number of carbonyl (C=O) groups is 2. The van der Waals surface area contributed by atoms with E-state index >= 15 is 0 Å². The SMILES string of the molecule is CCC(C(=O)NCC(C)C)N(Cc1ccc(F)cc1)C(=O)CN(c1cc(Cl)ccc1Cl)S(C)(=O)=O. The first-order valence-electron chi connectivity index (χ1n) is 11.1. The van der Waals surface area contributed by atoms with E-state index in [4.69, 9.17) is 23.2 Å². The minimum atomic E-state index is -3.95. The second-order valence-corrected chi connectivity index (χ2v) is 11.3. The molecule has 1 N–H and O–H groups in total. The van der Waals surface area contributed by atoms with Crippen molar-refractivity contribution in [3.63, 3.8) is 0 Å². The van der Waals surface area contributed by atoms with Gasteiger partial charge < -0.3 is 10.2 Å². The van der Waals surface area contributed by atoms with E-state index in [-0.39, 0.29) is 40.5 Å². The largest absolute Gasteiger partial charge is 0.354 e. The van der Waals surface area contributed by atoms with Gasteiger partial charge in [0.25, 0.3) is 0 Å². The zero-order valence-corrected chi connectivity index (χ0v) is 22.4. The second-order valence-electron chi connectivity index (χ2n) is 8.58. The van der Waals surface area contributed by atoms with Gasteiger partial charge >= 0.3 is 0 Å². The lowest BCUT2D eigenvalue weighted by atomic mass is 10.1. The molecule has 0 bridgehead atoms. The molecular formula is C24H30Cl2FN3O4S. The molecule has 192 valence electrons. The smallest absolute Gasteiger partial charge is 0.244 e. The molecule has 7 nitrogen and oxygen atoms in total. The van der Waals surface area contributed by atoms with Gasteiger partial charge in [-0.25, -0.2) is 12.8 Å². The molecule has 1 unspecified atom stereocenters. The predicted molar refractivity (Wildman–Crippen MR) is 138 cm³/mol. The summed E-state index contributed by atoms with van der Waals surface area (Å²) in [6, 6.07) is 8.96. The molecule has 0 aliphatic heterocycles. The van der Waals surface area contributed by atoms with Gasteiger partial charge in [-0.15, -0.1) is 0 Å². The van der Waals surface area contributed by atoms with Crippen LogP contribution in [0.15, 0.2) is 42.5 Å². The Morgan fingerprint density at radius 3 is 2.26 bits per heavy atom. The number of hydrogen-bond donors (Lipinski definition) is 1. The van der Waals surface area contributed by atoms with Gasteiger partial charge in [-0.3, -0.25) is 13.9 Å². The van der Waals surface area contributed by atoms with Gasteiger partial charge in [0.1, 0.15) is 18.4 Å². The molecule has 2 aromatic rings. The highest BCUT2D eigenvalue weighted by atomic mass is 35.5. The number of sulfonamides is 1. The fraction of sp³-hybridized carbons (Fsp3) is 0.417. The molecule has 0 saturated carbocycles. The average molecular weight is 546 g/mol. The summed E-state index contributed by atoms with van der Waals surface area (Å²) in [5.74, 6) is -1.22. The third-order valence-electron chi connectivity index (χ3n) is 5.19. The molecule has 11 heteroatoms. The number of anilines is 1. The van der Waals surface area contributed by atoms with Crippen LogP contribution >= 0.6 is 23.2 Å². The Hall–Kier alpha value is -2.36. The van der Waals surface area contributed by atoms with Crippen molar-refractivity contribution in [3.8, 4) is 0 Å². The first-order chi connectivity index (χ1) is 16.3. The number of nitrogens with zero attached hydrogens (tertiary/aromatic N) is 2. The number of amides is 2. The fourth-order valence-corrected chi connectivity index (χ4v) is 4.69. The lowest BCUT2D eigenvalue weighted by Gasteiger charge is -2.33. The lowest BCUT2D eigenvalue weighted by Crippen LogP contribution is -2.52. The molecule has 0 aliphatic carbocycles. The van der Waals surface area contributed by atoms with Crippen molar-refractivity contribution in [2.24, 2.45) is 5.92 Å². The summed E-state index contributed by atoms with van der Waals surface area (Å²) >= 11 is 12.3. The molecule has 35 heavy (non-hydrogen) atoms. The zero-order chi connectivity index (χ0) is 26.3. The van der Waals surface area contributed by atoms with Crippen LogP contribution in [0.2, 0.25) is 10.0 Å². The number of carbonyl (C=O) groups excluding carboxylic acids is 2. The second kappa shape index (κ2) is 12.6. The Kier molecular flexibility index (Phi) is 10.4. The summed E-state index contributed by atoms with van der Waals surface area (Å²) < 4.78 is 39.6. The van der Waals surface area contributed by atoms with Crippen molar-refractivity contribution < 1.29 is 22.4 Å². The number of benzene rings is 2. The van der Waals surface area contributed by atoms with Crippen molar-refractivity contribution in [2.45, 2.75) is 39.8 Å². The molecule has 0 aliphatic rings. The third kappa shape index (κ3) is 8.37. The number of hydrogen-bond acceptors (Lipinski definition) is 4. The molecule has 0 fully saturated rings. The van der Waals surface area contributed by atoms with Crippen LogP contribution in [0.3, 0.4) is 0 Å². The van der Waals surface area contributed by atoms with Crippen LogP contribution in [0.1, 0.15) is 32.8 Å². The van der Waals surface area contributed by atoms with Gasteiger partial charge in [-0.05, 0) is 48.2 Å². The van der Waals surface area contributed by atoms with E-state index in [1.807, 2.05) is 13.8 Å². The van der Waals surface area contributed by atoms with E-state index in [0.717, 1.165) is 10.6 Å². The molecule has 2 rings (SSSR count). The van der Waals surface area contributed by atoms with Gasteiger partial charge in [0.05, 0.1) is 17.0 Å². The quantitative estimate of drug-likeness (QED) is 0.451. The van der Waals surface area contributed by atoms with E-state index in [2.05, 4.69) is 5.32 Å². The highest BCUT2D eigenvalue weighted by Gasteiger charge is 2.32. The fourth-order valence-electron chi connectivity index (χ4n) is 3.40. The highest BCUT2D eigenvalue weighted by Crippen LogP contribution is 2.31. The van der Waals surface area contributed by atoms with Crippen molar-refractivity contribution in [1.29, 1.82) is 0 Å². The van der Waals surface area contributed by atoms with Gasteiger partial charge in [0.15, 0.2) is 0 Å². The van der Waals surface area contributed by atoms with E-state index in [0.29, 0.717) is 12.1 Å². The van der Waals surface area contributed by atoms with Crippen LogP contribution < -0.4 is 9.62 Å². The molecule has 0 heterocycles. The van der Waals surface area contributed by atoms with Crippen LogP contribution in [-0.2, 0) is 26.2 Å². The first kappa shape index (κ1) is 28.9. The third-order valence-corrected chi connectivity index (χ3v) is 6.87. The van der Waals surface area contributed by atoms with Crippen LogP contribution in [-0.4, -0.2) is 50.5 Å². The van der Waals surface area contributed by atoms with Gasteiger partial charge in [-0.1, -0.05) is 56.1 Å². The molecule has 0 spiro atoms. The summed E-state index contributed by atoms with van der Waals surface area (Å²) in [4.78, 5) is 27.9. The molecule has 2 amide bonds. The lowest BCUT2D eigenvalue weighted by molar-refractivity contribution is -0.140. The van der Waals surface area contributed by atoms with Crippen molar-refractivity contribution in [3.05, 3.63) is 63.9 Å². The van der Waals surface area contributed by atoms with E-state index in [9.17, 15) is 22.4 Å². The molecule has 0 radical (unpaired) electrons. The summed E-state index contributed by atoms with van der Waals surface area (Å²) in [5.41, 5.74) is 0.635. The first-order valence-corrected chi connectivity index (χ1v) is 13.7. The maximum absolute atomic E-state index is 13.6. The minimum Gasteiger partial charge on any atom is -0.354 e.